The fourth-order valence-corrected chi connectivity index (χ4v) is 4.08. The lowest BCUT2D eigenvalue weighted by molar-refractivity contribution is 0.673. The van der Waals surface area contributed by atoms with Gasteiger partial charge in [-0.1, -0.05) is 55.1 Å². The number of nitrogens with zero attached hydrogens (tertiary/aromatic N) is 2. The van der Waals surface area contributed by atoms with Gasteiger partial charge in [0.05, 0.1) is 5.39 Å². The quantitative estimate of drug-likeness (QED) is 0.395. The summed E-state index contributed by atoms with van der Waals surface area (Å²) in [5.74, 6) is 0.881. The molecule has 2 aromatic heterocycles. The summed E-state index contributed by atoms with van der Waals surface area (Å²) in [4.78, 5) is 19.3. The fraction of sp³-hybridized carbons (Fsp3) is 0.176. The molecule has 3 rings (SSSR count). The molecule has 0 unspecified atom stereocenters. The van der Waals surface area contributed by atoms with E-state index in [1.165, 1.54) is 0 Å². The lowest BCUT2D eigenvalue weighted by atomic mass is 10.2. The van der Waals surface area contributed by atoms with Crippen LogP contribution in [0.2, 0.25) is 0 Å². The molecule has 0 saturated heterocycles. The number of fused-ring (bicyclic) bond motifs is 1. The monoisotopic (exact) mass is 328 g/mol. The predicted molar refractivity (Wildman–Crippen MR) is 95.9 cm³/mol. The molecule has 5 heteroatoms. The van der Waals surface area contributed by atoms with Gasteiger partial charge in [0.2, 0.25) is 0 Å². The number of benzene rings is 1. The van der Waals surface area contributed by atoms with Crippen LogP contribution in [-0.4, -0.2) is 15.3 Å². The summed E-state index contributed by atoms with van der Waals surface area (Å²) in [6.07, 6.45) is 1.74. The SMILES string of the molecule is C=CCn1c(SCC)nc2sc(-c3ccccc3)cc2c1=O. The number of hydrogen-bond acceptors (Lipinski definition) is 4. The third kappa shape index (κ3) is 2.74. The van der Waals surface area contributed by atoms with E-state index in [0.29, 0.717) is 11.9 Å². The van der Waals surface area contributed by atoms with Crippen molar-refractivity contribution in [3.8, 4) is 10.4 Å². The van der Waals surface area contributed by atoms with Gasteiger partial charge in [0.25, 0.3) is 5.56 Å². The van der Waals surface area contributed by atoms with Gasteiger partial charge in [-0.3, -0.25) is 9.36 Å². The highest BCUT2D eigenvalue weighted by Crippen LogP contribution is 2.32. The third-order valence-electron chi connectivity index (χ3n) is 3.26. The molecule has 0 aliphatic rings. The van der Waals surface area contributed by atoms with Crippen molar-refractivity contribution in [1.29, 1.82) is 0 Å². The van der Waals surface area contributed by atoms with Gasteiger partial charge in [0, 0.05) is 11.4 Å². The zero-order chi connectivity index (χ0) is 15.5. The molecular formula is C17H16N2OS2. The Morgan fingerprint density at radius 2 is 2.14 bits per heavy atom. The number of hydrogen-bond donors (Lipinski definition) is 0. The first-order valence-electron chi connectivity index (χ1n) is 7.08. The van der Waals surface area contributed by atoms with Crippen LogP contribution in [0, 0.1) is 0 Å². The van der Waals surface area contributed by atoms with Crippen LogP contribution in [0.3, 0.4) is 0 Å². The van der Waals surface area contributed by atoms with E-state index in [0.717, 1.165) is 26.2 Å². The molecule has 0 aliphatic heterocycles. The Morgan fingerprint density at radius 3 is 2.82 bits per heavy atom. The molecule has 0 N–H and O–H groups in total. The molecule has 112 valence electrons. The minimum absolute atomic E-state index is 0.0132. The van der Waals surface area contributed by atoms with Gasteiger partial charge in [-0.25, -0.2) is 4.98 Å². The van der Waals surface area contributed by atoms with Gasteiger partial charge < -0.3 is 0 Å². The molecule has 2 heterocycles. The number of thiophene rings is 1. The van der Waals surface area contributed by atoms with Crippen molar-refractivity contribution < 1.29 is 0 Å². The molecule has 0 fully saturated rings. The van der Waals surface area contributed by atoms with E-state index in [2.05, 4.69) is 30.6 Å². The molecule has 3 nitrogen and oxygen atoms in total. The van der Waals surface area contributed by atoms with Crippen molar-refractivity contribution in [3.05, 3.63) is 59.4 Å². The second-order valence-electron chi connectivity index (χ2n) is 4.73. The second kappa shape index (κ2) is 6.50. The van der Waals surface area contributed by atoms with Crippen LogP contribution >= 0.6 is 23.1 Å². The maximum atomic E-state index is 12.7. The lowest BCUT2D eigenvalue weighted by Gasteiger charge is -2.08. The van der Waals surface area contributed by atoms with Crippen molar-refractivity contribution in [2.45, 2.75) is 18.6 Å². The Bertz CT molecular complexity index is 865. The summed E-state index contributed by atoms with van der Waals surface area (Å²) in [5, 5.41) is 1.45. The molecule has 0 aliphatic carbocycles. The van der Waals surface area contributed by atoms with E-state index in [4.69, 9.17) is 0 Å². The summed E-state index contributed by atoms with van der Waals surface area (Å²) < 4.78 is 1.70. The summed E-state index contributed by atoms with van der Waals surface area (Å²) in [6, 6.07) is 12.0. The predicted octanol–water partition coefficient (Wildman–Crippen LogP) is 4.42. The van der Waals surface area contributed by atoms with Crippen LogP contribution in [0.15, 0.2) is 59.0 Å². The van der Waals surface area contributed by atoms with Crippen LogP contribution in [0.25, 0.3) is 20.7 Å². The van der Waals surface area contributed by atoms with Crippen LogP contribution in [0.5, 0.6) is 0 Å². The number of allylic oxidation sites excluding steroid dienone is 1. The van der Waals surface area contributed by atoms with Crippen LogP contribution in [-0.2, 0) is 6.54 Å². The van der Waals surface area contributed by atoms with Crippen molar-refractivity contribution in [2.24, 2.45) is 0 Å². The van der Waals surface area contributed by atoms with Crippen LogP contribution in [0.4, 0.5) is 0 Å². The molecule has 22 heavy (non-hydrogen) atoms. The van der Waals surface area contributed by atoms with E-state index in [1.807, 2.05) is 24.3 Å². The second-order valence-corrected chi connectivity index (χ2v) is 6.99. The minimum atomic E-state index is 0.0132. The number of rotatable bonds is 5. The zero-order valence-electron chi connectivity index (χ0n) is 12.3. The Balaban J connectivity index is 2.21. The van der Waals surface area contributed by atoms with E-state index in [1.54, 1.807) is 33.7 Å². The van der Waals surface area contributed by atoms with E-state index in [9.17, 15) is 4.79 Å². The molecule has 0 bridgehead atoms. The third-order valence-corrected chi connectivity index (χ3v) is 5.20. The van der Waals surface area contributed by atoms with Crippen molar-refractivity contribution in [1.82, 2.24) is 9.55 Å². The van der Waals surface area contributed by atoms with Gasteiger partial charge in [0.15, 0.2) is 5.16 Å². The standard InChI is InChI=1S/C17H16N2OS2/c1-3-10-19-16(20)13-11-14(12-8-6-5-7-9-12)22-15(13)18-17(19)21-4-2/h3,5-9,11H,1,4,10H2,2H3. The molecule has 0 radical (unpaired) electrons. The Morgan fingerprint density at radius 1 is 1.36 bits per heavy atom. The largest absolute Gasteiger partial charge is 0.283 e. The number of thioether (sulfide) groups is 1. The molecular weight excluding hydrogens is 312 g/mol. The molecule has 1 aromatic carbocycles. The first-order valence-corrected chi connectivity index (χ1v) is 8.88. The topological polar surface area (TPSA) is 34.9 Å². The van der Waals surface area contributed by atoms with Crippen molar-refractivity contribution in [2.75, 3.05) is 5.75 Å². The highest BCUT2D eigenvalue weighted by atomic mass is 32.2. The van der Waals surface area contributed by atoms with E-state index in [-0.39, 0.29) is 5.56 Å². The Kier molecular flexibility index (Phi) is 4.45. The minimum Gasteiger partial charge on any atom is -0.283 e. The molecule has 0 amide bonds. The summed E-state index contributed by atoms with van der Waals surface area (Å²) in [5.41, 5.74) is 1.13. The zero-order valence-corrected chi connectivity index (χ0v) is 13.9. The number of aromatic nitrogens is 2. The maximum absolute atomic E-state index is 12.7. The van der Waals surface area contributed by atoms with Gasteiger partial charge in [0.1, 0.15) is 4.83 Å². The molecule has 0 atom stereocenters. The maximum Gasteiger partial charge on any atom is 0.263 e. The molecule has 0 saturated carbocycles. The first kappa shape index (κ1) is 15.1. The van der Waals surface area contributed by atoms with E-state index >= 15 is 0 Å². The lowest BCUT2D eigenvalue weighted by Crippen LogP contribution is -2.22. The fourth-order valence-electron chi connectivity index (χ4n) is 2.27. The van der Waals surface area contributed by atoms with Gasteiger partial charge >= 0.3 is 0 Å². The van der Waals surface area contributed by atoms with Crippen LogP contribution in [0.1, 0.15) is 6.92 Å². The van der Waals surface area contributed by atoms with Crippen molar-refractivity contribution in [3.63, 3.8) is 0 Å². The van der Waals surface area contributed by atoms with Gasteiger partial charge in [-0.05, 0) is 17.4 Å². The summed E-state index contributed by atoms with van der Waals surface area (Å²) >= 11 is 3.15. The average molecular weight is 328 g/mol. The summed E-state index contributed by atoms with van der Waals surface area (Å²) in [6.45, 7) is 6.28. The first-order chi connectivity index (χ1) is 10.7. The van der Waals surface area contributed by atoms with Crippen LogP contribution < -0.4 is 5.56 Å². The normalized spacial score (nSPS) is 11.0. The van der Waals surface area contributed by atoms with Gasteiger partial charge in [-0.2, -0.15) is 0 Å². The van der Waals surface area contributed by atoms with E-state index < -0.39 is 0 Å². The Hall–Kier alpha value is -1.85. The molecule has 0 spiro atoms. The highest BCUT2D eigenvalue weighted by Gasteiger charge is 2.14. The van der Waals surface area contributed by atoms with Gasteiger partial charge in [-0.15, -0.1) is 17.9 Å². The van der Waals surface area contributed by atoms with Crippen molar-refractivity contribution >= 4 is 33.3 Å². The molecule has 3 aromatic rings. The highest BCUT2D eigenvalue weighted by molar-refractivity contribution is 7.99. The summed E-state index contributed by atoms with van der Waals surface area (Å²) in [7, 11) is 0. The smallest absolute Gasteiger partial charge is 0.263 e. The Labute approximate surface area is 137 Å². The average Bonchev–Trinajstić information content (AvgIpc) is 2.97.